The summed E-state index contributed by atoms with van der Waals surface area (Å²) in [5.41, 5.74) is 28.0. The number of carbonyl (C=O) groups excluding carboxylic acids is 18. The molecule has 3 fully saturated rings. The molecule has 5 aliphatic heterocycles. The van der Waals surface area contributed by atoms with Crippen LogP contribution < -0.4 is 65.4 Å². The number of aromatic nitrogens is 4. The number of nitrogens with two attached hydrogens (primary N) is 3. The van der Waals surface area contributed by atoms with E-state index in [1.165, 1.54) is 68.4 Å². The van der Waals surface area contributed by atoms with Crippen molar-refractivity contribution in [3.05, 3.63) is 75.9 Å². The first kappa shape index (κ1) is 90.5. The number of H-pyrrole nitrogens is 2. The van der Waals surface area contributed by atoms with Gasteiger partial charge in [-0.25, -0.2) is 34.4 Å². The average Bonchev–Trinajstić information content (AvgIpc) is 1.56. The molecule has 0 spiro atoms. The molecule has 0 aromatic carbocycles. The molecule has 0 aliphatic carbocycles. The number of hydrogen-bond acceptors (Lipinski definition) is 26. The molecule has 636 valence electrons. The van der Waals surface area contributed by atoms with Gasteiger partial charge in [0.05, 0.1) is 54.4 Å². The number of nitrogens with one attached hydrogen (secondary N) is 11. The van der Waals surface area contributed by atoms with Gasteiger partial charge in [0.15, 0.2) is 36.6 Å². The van der Waals surface area contributed by atoms with Crippen LogP contribution in [0.5, 0.6) is 0 Å². The lowest BCUT2D eigenvalue weighted by Crippen LogP contribution is -2.57. The van der Waals surface area contributed by atoms with Crippen molar-refractivity contribution in [2.24, 2.45) is 17.2 Å². The van der Waals surface area contributed by atoms with E-state index in [1.807, 2.05) is 26.8 Å². The number of epoxide rings is 3. The molecule has 17 N–H and O–H groups in total. The highest BCUT2D eigenvalue weighted by Gasteiger charge is 2.56. The van der Waals surface area contributed by atoms with Crippen molar-refractivity contribution in [3.8, 4) is 0 Å². The molecule has 118 heavy (non-hydrogen) atoms. The molecule has 0 radical (unpaired) electrons. The van der Waals surface area contributed by atoms with Gasteiger partial charge in [0.2, 0.25) is 47.3 Å². The predicted molar refractivity (Wildman–Crippen MR) is 411 cm³/mol. The number of hydrogen-bond donors (Lipinski definition) is 14. The number of rotatable bonds is 35. The van der Waals surface area contributed by atoms with E-state index in [0.717, 1.165) is 16.7 Å². The van der Waals surface area contributed by atoms with E-state index in [-0.39, 0.29) is 54.1 Å². The molecule has 8 heterocycles. The topological polar surface area (TPSA) is 626 Å². The summed E-state index contributed by atoms with van der Waals surface area (Å²) in [5.74, 6) is -19.4. The number of hydrazine groups is 3. The number of fused-ring (bicyclic) bond motifs is 8. The Balaban J connectivity index is 1.16. The number of aromatic amines is 2. The third-order valence-electron chi connectivity index (χ3n) is 19.3. The van der Waals surface area contributed by atoms with Crippen LogP contribution in [-0.2, 0) is 116 Å². The lowest BCUT2D eigenvalue weighted by atomic mass is 9.84. The molecule has 8 bridgehead atoms. The number of primary amides is 3. The average molecular weight is 1650 g/mol. The van der Waals surface area contributed by atoms with Crippen molar-refractivity contribution < 1.29 is 115 Å². The number of amides is 15. The van der Waals surface area contributed by atoms with E-state index in [9.17, 15) is 76.7 Å². The molecule has 43 nitrogen and oxygen atoms in total. The zero-order valence-corrected chi connectivity index (χ0v) is 67.0. The van der Waals surface area contributed by atoms with Gasteiger partial charge in [0.25, 0.3) is 41.4 Å². The van der Waals surface area contributed by atoms with Crippen LogP contribution in [-0.4, -0.2) is 254 Å². The number of esters is 3. The van der Waals surface area contributed by atoms with Crippen LogP contribution in [0.3, 0.4) is 0 Å². The predicted octanol–water partition coefficient (Wildman–Crippen LogP) is -3.51. The van der Waals surface area contributed by atoms with Gasteiger partial charge in [-0.05, 0) is 130 Å². The van der Waals surface area contributed by atoms with E-state index >= 15 is 9.59 Å². The Morgan fingerprint density at radius 3 is 1.34 bits per heavy atom. The van der Waals surface area contributed by atoms with Crippen LogP contribution in [0, 0.1) is 6.92 Å². The van der Waals surface area contributed by atoms with Crippen molar-refractivity contribution >= 4 is 146 Å². The van der Waals surface area contributed by atoms with Gasteiger partial charge in [-0.2, -0.15) is 0 Å². The van der Waals surface area contributed by atoms with Crippen LogP contribution in [0.2, 0.25) is 0 Å². The van der Waals surface area contributed by atoms with E-state index in [0.29, 0.717) is 55.1 Å². The maximum Gasteiger partial charge on any atom is 0.338 e. The molecule has 5 aliphatic rings. The zero-order valence-electron chi connectivity index (χ0n) is 67.0. The standard InChI is InChI=1S/C75H97N19O24/c1-15-40-30(6)46-26-49-41(16-2)31(7)45(87-49)25-47-32(8)42(20-21-53(98)79-33(9)63(100)81-36(12)66(103)89-92(27-50(76)95)70(107)57-60(116-57)73(110)113-17-3)55(88-47)43(24-54(99)80-34(10)64(101)82-37(13)67(104)90-93(28-51(77)96)71(108)58-61(117-58)74(111)114-18-4)56-44(22-39(85-56)23-48(40)86-46)69(106)84-35(11)65(102)83-38(14)68(105)91-94(29-52(78)97)72(109)59-62(118-59)75(112)115-19-5/h16,22-23,25-26,32-38,42,57-62,85,87H,2,15,17-21,24,27-29H2,1,3-14H3,(H2,76,95)(H2,77,96)(H2,78,97)(H,79,98)(H,80,99)(H,81,100)(H,82,101)(H,83,102)(H,84,106)(H,89,103)(H,90,104)(H,91,105)/t32-,33?,34?,35?,36?,37?,38?,42-,57?,58?,59?,60?,61?,62?/m0/s1. The molecular weight excluding hydrogens is 1550 g/mol. The summed E-state index contributed by atoms with van der Waals surface area (Å²) in [5, 5.41) is 16.7. The molecule has 0 saturated carbocycles. The van der Waals surface area contributed by atoms with Crippen molar-refractivity contribution in [2.75, 3.05) is 39.5 Å². The molecular formula is C75H97N19O24. The molecule has 3 aromatic rings. The van der Waals surface area contributed by atoms with Crippen LogP contribution in [0.1, 0.15) is 164 Å². The largest absolute Gasteiger partial charge is 0.464 e. The summed E-state index contributed by atoms with van der Waals surface area (Å²) in [7, 11) is 0. The number of ether oxygens (including phenoxy) is 6. The van der Waals surface area contributed by atoms with Gasteiger partial charge in [0.1, 0.15) is 55.9 Å². The number of allylic oxidation sites excluding steroid dienone is 2. The highest BCUT2D eigenvalue weighted by Crippen LogP contribution is 2.43. The third-order valence-corrected chi connectivity index (χ3v) is 19.3. The van der Waals surface area contributed by atoms with Gasteiger partial charge in [-0.3, -0.25) is 93.2 Å². The molecule has 12 unspecified atom stereocenters. The lowest BCUT2D eigenvalue weighted by molar-refractivity contribution is -0.146. The Labute approximate surface area is 674 Å². The van der Waals surface area contributed by atoms with Crippen LogP contribution in [0.4, 0.5) is 0 Å². The highest BCUT2D eigenvalue weighted by molar-refractivity contribution is 6.07. The lowest BCUT2D eigenvalue weighted by Gasteiger charge is -2.24. The summed E-state index contributed by atoms with van der Waals surface area (Å²) < 4.78 is 30.1. The Morgan fingerprint density at radius 1 is 0.517 bits per heavy atom. The van der Waals surface area contributed by atoms with E-state index < -0.39 is 224 Å². The van der Waals surface area contributed by atoms with Crippen LogP contribution in [0.25, 0.3) is 39.3 Å². The Morgan fingerprint density at radius 2 is 0.932 bits per heavy atom. The van der Waals surface area contributed by atoms with Crippen molar-refractivity contribution in [3.63, 3.8) is 0 Å². The second-order valence-electron chi connectivity index (χ2n) is 28.2. The minimum atomic E-state index is -1.54. The Hall–Kier alpha value is -13.1. The first-order valence-corrected chi connectivity index (χ1v) is 37.7. The minimum absolute atomic E-state index is 0.0317. The summed E-state index contributed by atoms with van der Waals surface area (Å²) in [6.07, 6.45) is -7.54. The van der Waals surface area contributed by atoms with Crippen LogP contribution in [0.15, 0.2) is 30.8 Å². The second kappa shape index (κ2) is 39.1. The quantitative estimate of drug-likeness (QED) is 0.0118. The van der Waals surface area contributed by atoms with E-state index in [1.54, 1.807) is 25.1 Å². The Kier molecular flexibility index (Phi) is 29.9. The highest BCUT2D eigenvalue weighted by atomic mass is 16.7. The number of aryl methyl sites for hydroxylation is 1. The molecule has 8 rings (SSSR count). The van der Waals surface area contributed by atoms with Crippen LogP contribution >= 0.6 is 0 Å². The number of nitrogens with zero attached hydrogens (tertiary/aromatic N) is 5. The number of carbonyl (C=O) groups is 18. The van der Waals surface area contributed by atoms with Crippen molar-refractivity contribution in [1.29, 1.82) is 0 Å². The maximum absolute atomic E-state index is 15.4. The fourth-order valence-corrected chi connectivity index (χ4v) is 12.8. The van der Waals surface area contributed by atoms with Gasteiger partial charge in [-0.15, -0.1) is 0 Å². The molecule has 43 heteroatoms. The summed E-state index contributed by atoms with van der Waals surface area (Å²) in [4.78, 5) is 258. The van der Waals surface area contributed by atoms with Gasteiger partial charge in [-0.1, -0.05) is 26.5 Å². The SMILES string of the molecule is C=Cc1c(C)c2cc3nc(c(CC(=O)NC(C)C(=O)NC(C)C(=O)NN(CC(N)=O)C(=O)C4OC4C(=O)OCC)c4[nH]c(cc5nc(cc1[nH]2)C(C)=C5CC)cc4C(=O)NC(C)C(=O)NC(C)C(=O)NN(CC(N)=O)C(=O)C1OC1C(=O)OCC)[C@@H](CCC(=O)NC(C)C(=O)NC(C)C(=O)NN(CC(N)=O)C(=O)C1OC1C(=O)OCC)[C@@H]3C. The first-order valence-electron chi connectivity index (χ1n) is 37.7. The second-order valence-corrected chi connectivity index (χ2v) is 28.2. The van der Waals surface area contributed by atoms with Crippen molar-refractivity contribution in [1.82, 2.24) is 83.1 Å². The van der Waals surface area contributed by atoms with E-state index in [4.69, 9.17) is 55.6 Å². The fraction of sp³-hybridized carbons (Fsp3) is 0.493. The smallest absolute Gasteiger partial charge is 0.338 e. The molecule has 3 saturated heterocycles. The fourth-order valence-electron chi connectivity index (χ4n) is 12.8. The van der Waals surface area contributed by atoms with Gasteiger partial charge in [0, 0.05) is 51.6 Å². The summed E-state index contributed by atoms with van der Waals surface area (Å²) >= 11 is 0. The first-order chi connectivity index (χ1) is 55.6. The Bertz CT molecular complexity index is 4800. The van der Waals surface area contributed by atoms with Gasteiger partial charge < -0.3 is 87.5 Å². The summed E-state index contributed by atoms with van der Waals surface area (Å²) in [6.45, 7) is 20.8. The zero-order chi connectivity index (χ0) is 87.3. The van der Waals surface area contributed by atoms with E-state index in [2.05, 4.69) is 64.7 Å². The summed E-state index contributed by atoms with van der Waals surface area (Å²) in [6, 6.07) is -2.30. The van der Waals surface area contributed by atoms with Gasteiger partial charge >= 0.3 is 17.9 Å². The minimum Gasteiger partial charge on any atom is -0.464 e. The molecule has 15 amide bonds. The maximum atomic E-state index is 15.4. The normalized spacial score (nSPS) is 19.5. The van der Waals surface area contributed by atoms with Crippen molar-refractivity contribution in [2.45, 2.75) is 200 Å². The molecule has 3 aromatic heterocycles. The molecule has 14 atom stereocenters. The third kappa shape index (κ3) is 22.3. The monoisotopic (exact) mass is 1650 g/mol.